The summed E-state index contributed by atoms with van der Waals surface area (Å²) in [6.07, 6.45) is 4.15. The summed E-state index contributed by atoms with van der Waals surface area (Å²) >= 11 is 0. The van der Waals surface area contributed by atoms with E-state index < -0.39 is 5.97 Å². The van der Waals surface area contributed by atoms with Crippen molar-refractivity contribution >= 4 is 50.2 Å². The van der Waals surface area contributed by atoms with Gasteiger partial charge in [-0.1, -0.05) is 66.6 Å². The zero-order chi connectivity index (χ0) is 31.1. The molecule has 0 saturated carbocycles. The van der Waals surface area contributed by atoms with Crippen LogP contribution in [0.2, 0.25) is 0 Å². The van der Waals surface area contributed by atoms with E-state index in [1.54, 1.807) is 12.1 Å². The first-order valence-corrected chi connectivity index (χ1v) is 15.7. The molecule has 0 unspecified atom stereocenters. The van der Waals surface area contributed by atoms with E-state index >= 15 is 0 Å². The van der Waals surface area contributed by atoms with E-state index in [0.717, 1.165) is 78.7 Å². The van der Waals surface area contributed by atoms with Crippen LogP contribution in [-0.4, -0.2) is 63.5 Å². The van der Waals surface area contributed by atoms with Crippen LogP contribution in [-0.2, 0) is 16.1 Å². The highest BCUT2D eigenvalue weighted by molar-refractivity contribution is 6.12. The quantitative estimate of drug-likeness (QED) is 0.0667. The van der Waals surface area contributed by atoms with E-state index in [0.29, 0.717) is 35.4 Å². The van der Waals surface area contributed by atoms with Gasteiger partial charge < -0.3 is 14.8 Å². The second-order valence-electron chi connectivity index (χ2n) is 11.3. The number of morpholine rings is 1. The van der Waals surface area contributed by atoms with Gasteiger partial charge >= 0.3 is 5.97 Å². The molecule has 9 heteroatoms. The number of hydrogen-bond acceptors (Lipinski definition) is 8. The minimum absolute atomic E-state index is 0.380. The lowest BCUT2D eigenvalue weighted by Crippen LogP contribution is -2.36. The van der Waals surface area contributed by atoms with Crippen molar-refractivity contribution in [2.45, 2.75) is 25.8 Å². The number of unbranched alkanes of at least 4 members (excludes halogenated alkanes) is 2. The first kappa shape index (κ1) is 29.4. The molecule has 1 aliphatic heterocycles. The molecule has 1 saturated heterocycles. The maximum atomic E-state index is 12.6. The van der Waals surface area contributed by atoms with Gasteiger partial charge in [-0.25, -0.2) is 19.4 Å². The Balaban J connectivity index is 1.12. The third-order valence-corrected chi connectivity index (χ3v) is 8.18. The van der Waals surface area contributed by atoms with E-state index in [-0.39, 0.29) is 0 Å². The smallest absolute Gasteiger partial charge is 0.389 e. The molecule has 0 spiro atoms. The van der Waals surface area contributed by atoms with Crippen molar-refractivity contribution < 1.29 is 14.3 Å². The molecule has 46 heavy (non-hydrogen) atoms. The van der Waals surface area contributed by atoms with E-state index in [2.05, 4.69) is 62.4 Å². The van der Waals surface area contributed by atoms with Crippen LogP contribution in [0, 0.1) is 11.8 Å². The second kappa shape index (κ2) is 13.8. The van der Waals surface area contributed by atoms with Gasteiger partial charge in [0.05, 0.1) is 36.2 Å². The first-order valence-electron chi connectivity index (χ1n) is 15.7. The van der Waals surface area contributed by atoms with Crippen LogP contribution >= 0.6 is 0 Å². The summed E-state index contributed by atoms with van der Waals surface area (Å²) in [5.74, 6) is 6.79. The molecule has 0 aliphatic carbocycles. The van der Waals surface area contributed by atoms with Crippen molar-refractivity contribution in [2.24, 2.45) is 0 Å². The van der Waals surface area contributed by atoms with E-state index in [1.807, 2.05) is 47.1 Å². The highest BCUT2D eigenvalue weighted by Crippen LogP contribution is 2.35. The summed E-state index contributed by atoms with van der Waals surface area (Å²) in [6, 6.07) is 28.0. The molecular weight excluding hydrogens is 576 g/mol. The lowest BCUT2D eigenvalue weighted by Gasteiger charge is -2.26. The molecule has 2 aromatic heterocycles. The topological polar surface area (TPSA) is 94.4 Å². The zero-order valence-corrected chi connectivity index (χ0v) is 25.5. The Kier molecular flexibility index (Phi) is 8.81. The minimum atomic E-state index is -0.586. The number of esters is 1. The van der Waals surface area contributed by atoms with Gasteiger partial charge in [0.1, 0.15) is 23.7 Å². The number of rotatable bonds is 9. The zero-order valence-electron chi connectivity index (χ0n) is 25.5. The Hall–Kier alpha value is -5.30. The Labute approximate surface area is 267 Å². The molecule has 9 nitrogen and oxygen atoms in total. The Morgan fingerprint density at radius 2 is 1.72 bits per heavy atom. The number of ether oxygens (including phenoxy) is 2. The van der Waals surface area contributed by atoms with Crippen LogP contribution in [0.4, 0.5) is 11.6 Å². The predicted molar refractivity (Wildman–Crippen MR) is 180 cm³/mol. The summed E-state index contributed by atoms with van der Waals surface area (Å²) in [4.78, 5) is 24.0. The Morgan fingerprint density at radius 1 is 0.891 bits per heavy atom. The number of hydrogen-bond donors (Lipinski definition) is 1. The summed E-state index contributed by atoms with van der Waals surface area (Å²) < 4.78 is 13.0. The van der Waals surface area contributed by atoms with Crippen LogP contribution < -0.4 is 10.1 Å². The largest absolute Gasteiger partial charge is 0.417 e. The van der Waals surface area contributed by atoms with E-state index in [4.69, 9.17) is 14.6 Å². The third kappa shape index (κ3) is 6.69. The average molecular weight is 611 g/mol. The molecule has 0 atom stereocenters. The molecule has 6 aromatic rings. The monoisotopic (exact) mass is 610 g/mol. The van der Waals surface area contributed by atoms with Gasteiger partial charge in [0, 0.05) is 30.8 Å². The molecule has 0 amide bonds. The fraction of sp³-hybridized carbons (Fsp3) is 0.243. The normalized spacial score (nSPS) is 13.5. The summed E-state index contributed by atoms with van der Waals surface area (Å²) in [6.45, 7) is 5.18. The maximum Gasteiger partial charge on any atom is 0.389 e. The molecule has 1 fully saturated rings. The molecule has 230 valence electrons. The molecule has 0 bridgehead atoms. The Morgan fingerprint density at radius 3 is 2.61 bits per heavy atom. The number of anilines is 2. The van der Waals surface area contributed by atoms with Gasteiger partial charge in [-0.15, -0.1) is 0 Å². The minimum Gasteiger partial charge on any atom is -0.417 e. The van der Waals surface area contributed by atoms with Crippen molar-refractivity contribution in [2.75, 3.05) is 38.2 Å². The molecule has 1 N–H and O–H groups in total. The third-order valence-electron chi connectivity index (χ3n) is 8.18. The highest BCUT2D eigenvalue weighted by atomic mass is 16.5. The molecular formula is C37H34N6O3. The maximum absolute atomic E-state index is 12.6. The van der Waals surface area contributed by atoms with Crippen LogP contribution in [0.1, 0.15) is 24.8 Å². The van der Waals surface area contributed by atoms with Gasteiger partial charge in [0.2, 0.25) is 0 Å². The lowest BCUT2D eigenvalue weighted by atomic mass is 10.1. The first-order chi connectivity index (χ1) is 22.7. The van der Waals surface area contributed by atoms with Gasteiger partial charge in [-0.2, -0.15) is 5.10 Å². The standard InChI is InChI=1S/C37H34N6O3/c44-34(14-6-1-2-9-19-42-20-22-45-23-21-42)46-29-16-18-32-31(24-29)36(39-26-38-32)40-37-35-30-13-8-7-12-28(30)15-17-33(35)41-43(37)25-27-10-4-3-5-11-27/h3-5,7-8,10-13,15-18,24,26H,1-2,9,19-23,25H2,(H,38,39,40). The number of benzene rings is 4. The number of aromatic nitrogens is 4. The van der Waals surface area contributed by atoms with Crippen LogP contribution in [0.5, 0.6) is 5.75 Å². The van der Waals surface area contributed by atoms with Crippen molar-refractivity contribution in [3.63, 3.8) is 0 Å². The summed E-state index contributed by atoms with van der Waals surface area (Å²) in [5.41, 5.74) is 2.72. The fourth-order valence-corrected chi connectivity index (χ4v) is 5.85. The summed E-state index contributed by atoms with van der Waals surface area (Å²) in [5, 5.41) is 12.5. The fourth-order valence-electron chi connectivity index (χ4n) is 5.85. The molecule has 1 aliphatic rings. The van der Waals surface area contributed by atoms with Gasteiger partial charge in [0.25, 0.3) is 0 Å². The van der Waals surface area contributed by atoms with Gasteiger partial charge in [-0.05, 0) is 60.0 Å². The second-order valence-corrected chi connectivity index (χ2v) is 11.3. The van der Waals surface area contributed by atoms with Crippen LogP contribution in [0.3, 0.4) is 0 Å². The van der Waals surface area contributed by atoms with E-state index in [9.17, 15) is 4.79 Å². The van der Waals surface area contributed by atoms with Crippen molar-refractivity contribution in [1.82, 2.24) is 24.6 Å². The number of nitrogens with one attached hydrogen (secondary N) is 1. The lowest BCUT2D eigenvalue weighted by molar-refractivity contribution is -0.128. The van der Waals surface area contributed by atoms with E-state index in [1.165, 1.54) is 6.33 Å². The predicted octanol–water partition coefficient (Wildman–Crippen LogP) is 6.34. The van der Waals surface area contributed by atoms with Gasteiger partial charge in [0.15, 0.2) is 0 Å². The molecule has 3 heterocycles. The molecule has 0 radical (unpaired) electrons. The summed E-state index contributed by atoms with van der Waals surface area (Å²) in [7, 11) is 0. The number of nitrogens with zero attached hydrogens (tertiary/aromatic N) is 5. The number of carbonyl (C=O) groups excluding carboxylic acids is 1. The van der Waals surface area contributed by atoms with Crippen molar-refractivity contribution in [1.29, 1.82) is 0 Å². The van der Waals surface area contributed by atoms with Crippen molar-refractivity contribution in [3.05, 3.63) is 96.8 Å². The SMILES string of the molecule is O=C(C#CCCCCN1CCOCC1)Oc1ccc2ncnc(Nc3c4c(ccc5ccccc54)nn3Cc3ccccc3)c2c1. The van der Waals surface area contributed by atoms with Crippen molar-refractivity contribution in [3.8, 4) is 17.6 Å². The average Bonchev–Trinajstić information content (AvgIpc) is 3.44. The number of fused-ring (bicyclic) bond motifs is 4. The molecule has 4 aromatic carbocycles. The number of carbonyl (C=O) groups is 1. The van der Waals surface area contributed by atoms with Crippen LogP contribution in [0.25, 0.3) is 32.6 Å². The van der Waals surface area contributed by atoms with Gasteiger partial charge in [-0.3, -0.25) is 4.90 Å². The highest BCUT2D eigenvalue weighted by Gasteiger charge is 2.17. The molecule has 7 rings (SSSR count). The Bertz CT molecular complexity index is 2060. The van der Waals surface area contributed by atoms with Crippen LogP contribution in [0.15, 0.2) is 91.3 Å².